The molecule has 1 N–H and O–H groups in total. The summed E-state index contributed by atoms with van der Waals surface area (Å²) in [5.74, 6) is 0.694. The van der Waals surface area contributed by atoms with Gasteiger partial charge in [0, 0.05) is 12.1 Å². The highest BCUT2D eigenvalue weighted by Gasteiger charge is 2.19. The minimum absolute atomic E-state index is 0.143. The van der Waals surface area contributed by atoms with Gasteiger partial charge in [0.1, 0.15) is 17.4 Å². The molecule has 26 heavy (non-hydrogen) atoms. The molecular formula is C19H26ClN3O3. The largest absolute Gasteiger partial charge is 0.489 e. The van der Waals surface area contributed by atoms with Crippen LogP contribution in [-0.2, 0) is 23.5 Å². The summed E-state index contributed by atoms with van der Waals surface area (Å²) in [4.78, 5) is 12.3. The highest BCUT2D eigenvalue weighted by molar-refractivity contribution is 6.31. The Labute approximate surface area is 159 Å². The number of aromatic nitrogens is 2. The smallest absolute Gasteiger partial charge is 0.286 e. The second-order valence-electron chi connectivity index (χ2n) is 6.96. The second-order valence-corrected chi connectivity index (χ2v) is 7.34. The van der Waals surface area contributed by atoms with Gasteiger partial charge in [-0.05, 0) is 45.5 Å². The van der Waals surface area contributed by atoms with Gasteiger partial charge >= 0.3 is 0 Å². The van der Waals surface area contributed by atoms with Crippen molar-refractivity contribution >= 4 is 11.6 Å². The van der Waals surface area contributed by atoms with Crippen LogP contribution < -0.4 is 15.6 Å². The average molecular weight is 380 g/mol. The third kappa shape index (κ3) is 5.56. The molecule has 0 aliphatic carbocycles. The van der Waals surface area contributed by atoms with Crippen LogP contribution in [0.3, 0.4) is 0 Å². The number of rotatable bonds is 8. The third-order valence-corrected chi connectivity index (χ3v) is 4.11. The van der Waals surface area contributed by atoms with E-state index in [-0.39, 0.29) is 17.2 Å². The van der Waals surface area contributed by atoms with Gasteiger partial charge in [-0.15, -0.1) is 0 Å². The summed E-state index contributed by atoms with van der Waals surface area (Å²) in [6.45, 7) is 7.94. The van der Waals surface area contributed by atoms with E-state index in [0.29, 0.717) is 24.5 Å². The number of benzene rings is 1. The molecule has 6 nitrogen and oxygen atoms in total. The number of likely N-dealkylation sites (N-methyl/N-ethyl adjacent to an activating group) is 1. The molecule has 0 spiro atoms. The fraction of sp³-hybridized carbons (Fsp3) is 0.474. The standard InChI is InChI=1S/C19H26ClN3O3/c1-19(2,3)23-18(24)17(20)15(11-22-23)13-26-16-7-5-14(6-8-16)12-25-10-9-21-4/h5-8,11,21H,9-10,12-13H2,1-4H3. The maximum absolute atomic E-state index is 12.3. The molecule has 0 atom stereocenters. The zero-order valence-corrected chi connectivity index (χ0v) is 16.5. The molecule has 2 aromatic rings. The van der Waals surface area contributed by atoms with Gasteiger partial charge in [0.2, 0.25) is 0 Å². The molecule has 0 bridgehead atoms. The zero-order chi connectivity index (χ0) is 19.2. The van der Waals surface area contributed by atoms with E-state index < -0.39 is 5.54 Å². The number of hydrogen-bond acceptors (Lipinski definition) is 5. The van der Waals surface area contributed by atoms with Crippen LogP contribution in [0.25, 0.3) is 0 Å². The summed E-state index contributed by atoms with van der Waals surface area (Å²) in [5.41, 5.74) is 0.900. The Morgan fingerprint density at radius 2 is 1.88 bits per heavy atom. The van der Waals surface area contributed by atoms with Crippen molar-refractivity contribution < 1.29 is 9.47 Å². The lowest BCUT2D eigenvalue weighted by Crippen LogP contribution is -2.36. The van der Waals surface area contributed by atoms with E-state index in [0.717, 1.165) is 12.1 Å². The predicted molar refractivity (Wildman–Crippen MR) is 103 cm³/mol. The van der Waals surface area contributed by atoms with Crippen molar-refractivity contribution in [2.75, 3.05) is 20.2 Å². The first kappa shape index (κ1) is 20.4. The average Bonchev–Trinajstić information content (AvgIpc) is 2.60. The van der Waals surface area contributed by atoms with E-state index in [1.807, 2.05) is 52.1 Å². The first-order chi connectivity index (χ1) is 12.3. The predicted octanol–water partition coefficient (Wildman–Crippen LogP) is 2.97. The Morgan fingerprint density at radius 3 is 2.50 bits per heavy atom. The molecule has 142 valence electrons. The van der Waals surface area contributed by atoms with E-state index >= 15 is 0 Å². The summed E-state index contributed by atoms with van der Waals surface area (Å²) >= 11 is 6.20. The Balaban J connectivity index is 1.97. The van der Waals surface area contributed by atoms with Gasteiger partial charge in [0.15, 0.2) is 0 Å². The van der Waals surface area contributed by atoms with Crippen molar-refractivity contribution in [2.45, 2.75) is 39.5 Å². The molecule has 1 aromatic heterocycles. The molecule has 2 rings (SSSR count). The van der Waals surface area contributed by atoms with Crippen molar-refractivity contribution in [1.82, 2.24) is 15.1 Å². The van der Waals surface area contributed by atoms with Crippen LogP contribution in [0.4, 0.5) is 0 Å². The van der Waals surface area contributed by atoms with Crippen LogP contribution in [0, 0.1) is 0 Å². The molecule has 1 heterocycles. The molecular weight excluding hydrogens is 354 g/mol. The molecule has 0 radical (unpaired) electrons. The first-order valence-electron chi connectivity index (χ1n) is 8.54. The van der Waals surface area contributed by atoms with Crippen LogP contribution in [0.15, 0.2) is 35.3 Å². The van der Waals surface area contributed by atoms with E-state index in [9.17, 15) is 4.79 Å². The molecule has 0 fully saturated rings. The monoisotopic (exact) mass is 379 g/mol. The number of halogens is 1. The minimum atomic E-state index is -0.425. The number of hydrogen-bond donors (Lipinski definition) is 1. The van der Waals surface area contributed by atoms with E-state index in [1.165, 1.54) is 4.68 Å². The molecule has 0 aliphatic rings. The maximum atomic E-state index is 12.3. The first-order valence-corrected chi connectivity index (χ1v) is 8.92. The second kappa shape index (κ2) is 9.16. The lowest BCUT2D eigenvalue weighted by atomic mass is 10.1. The summed E-state index contributed by atoms with van der Waals surface area (Å²) < 4.78 is 12.6. The van der Waals surface area contributed by atoms with Gasteiger partial charge in [-0.3, -0.25) is 4.79 Å². The van der Waals surface area contributed by atoms with Crippen molar-refractivity contribution in [3.8, 4) is 5.75 Å². The Hall–Kier alpha value is -1.89. The Kier molecular flexibility index (Phi) is 7.20. The quantitative estimate of drug-likeness (QED) is 0.714. The summed E-state index contributed by atoms with van der Waals surface area (Å²) in [5, 5.41) is 7.38. The van der Waals surface area contributed by atoms with Crippen molar-refractivity contribution in [2.24, 2.45) is 0 Å². The highest BCUT2D eigenvalue weighted by atomic mass is 35.5. The van der Waals surface area contributed by atoms with Crippen LogP contribution in [0.5, 0.6) is 5.75 Å². The van der Waals surface area contributed by atoms with Crippen LogP contribution in [-0.4, -0.2) is 30.0 Å². The van der Waals surface area contributed by atoms with Gasteiger partial charge in [-0.2, -0.15) is 5.10 Å². The van der Waals surface area contributed by atoms with Gasteiger partial charge in [0.05, 0.1) is 24.9 Å². The lowest BCUT2D eigenvalue weighted by Gasteiger charge is -2.21. The van der Waals surface area contributed by atoms with Gasteiger partial charge < -0.3 is 14.8 Å². The van der Waals surface area contributed by atoms with Gasteiger partial charge in [0.25, 0.3) is 5.56 Å². The van der Waals surface area contributed by atoms with Crippen molar-refractivity contribution in [3.05, 3.63) is 57.0 Å². The zero-order valence-electron chi connectivity index (χ0n) is 15.7. The maximum Gasteiger partial charge on any atom is 0.286 e. The number of nitrogens with one attached hydrogen (secondary N) is 1. The molecule has 1 aromatic carbocycles. The van der Waals surface area contributed by atoms with E-state index in [1.54, 1.807) is 6.20 Å². The molecule has 0 amide bonds. The summed E-state index contributed by atoms with van der Waals surface area (Å²) in [6.07, 6.45) is 1.58. The molecule has 7 heteroatoms. The SMILES string of the molecule is CNCCOCc1ccc(OCc2cnn(C(C)(C)C)c(=O)c2Cl)cc1. The van der Waals surface area contributed by atoms with Crippen LogP contribution in [0.1, 0.15) is 31.9 Å². The Morgan fingerprint density at radius 1 is 1.19 bits per heavy atom. The normalized spacial score (nSPS) is 11.6. The third-order valence-electron chi connectivity index (χ3n) is 3.71. The minimum Gasteiger partial charge on any atom is -0.489 e. The number of ether oxygens (including phenoxy) is 2. The van der Waals surface area contributed by atoms with Crippen LogP contribution >= 0.6 is 11.6 Å². The van der Waals surface area contributed by atoms with Gasteiger partial charge in [-0.25, -0.2) is 4.68 Å². The molecule has 0 aliphatic heterocycles. The van der Waals surface area contributed by atoms with Crippen molar-refractivity contribution in [1.29, 1.82) is 0 Å². The Bertz CT molecular complexity index is 767. The van der Waals surface area contributed by atoms with E-state index in [2.05, 4.69) is 10.4 Å². The summed E-state index contributed by atoms with van der Waals surface area (Å²) in [6, 6.07) is 7.64. The molecule has 0 unspecified atom stereocenters. The van der Waals surface area contributed by atoms with Crippen molar-refractivity contribution in [3.63, 3.8) is 0 Å². The fourth-order valence-electron chi connectivity index (χ4n) is 2.25. The lowest BCUT2D eigenvalue weighted by molar-refractivity contribution is 0.124. The topological polar surface area (TPSA) is 65.4 Å². The van der Waals surface area contributed by atoms with Gasteiger partial charge in [-0.1, -0.05) is 23.7 Å². The molecule has 0 saturated heterocycles. The summed E-state index contributed by atoms with van der Waals surface area (Å²) in [7, 11) is 1.89. The molecule has 0 saturated carbocycles. The van der Waals surface area contributed by atoms with Crippen LogP contribution in [0.2, 0.25) is 5.02 Å². The number of nitrogens with zero attached hydrogens (tertiary/aromatic N) is 2. The highest BCUT2D eigenvalue weighted by Crippen LogP contribution is 2.18. The fourth-order valence-corrected chi connectivity index (χ4v) is 2.44. The van der Waals surface area contributed by atoms with E-state index in [4.69, 9.17) is 21.1 Å².